The number of aliphatic hydroxyl groups excluding tert-OH is 1. The van der Waals surface area contributed by atoms with Crippen LogP contribution in [-0.4, -0.2) is 58.9 Å². The van der Waals surface area contributed by atoms with Crippen molar-refractivity contribution in [2.75, 3.05) is 26.7 Å². The van der Waals surface area contributed by atoms with Crippen molar-refractivity contribution in [1.29, 1.82) is 5.26 Å². The second-order valence-corrected chi connectivity index (χ2v) is 11.2. The topological polar surface area (TPSA) is 98.8 Å². The largest absolute Gasteiger partial charge is 0.481 e. The van der Waals surface area contributed by atoms with Crippen LogP contribution in [0.1, 0.15) is 41.0 Å². The highest BCUT2D eigenvalue weighted by Crippen LogP contribution is 2.69. The molecule has 10 heteroatoms. The van der Waals surface area contributed by atoms with Crippen LogP contribution < -0.4 is 9.47 Å². The van der Waals surface area contributed by atoms with Gasteiger partial charge < -0.3 is 24.6 Å². The van der Waals surface area contributed by atoms with E-state index in [1.54, 1.807) is 24.3 Å². The van der Waals surface area contributed by atoms with Crippen LogP contribution >= 0.6 is 11.6 Å². The second-order valence-electron chi connectivity index (χ2n) is 10.8. The molecule has 2 N–H and O–H groups in total. The summed E-state index contributed by atoms with van der Waals surface area (Å²) in [6.07, 6.45) is -1.95. The van der Waals surface area contributed by atoms with E-state index in [-0.39, 0.29) is 54.8 Å². The van der Waals surface area contributed by atoms with E-state index in [4.69, 9.17) is 21.1 Å². The van der Waals surface area contributed by atoms with E-state index in [0.29, 0.717) is 11.1 Å². The lowest BCUT2D eigenvalue weighted by atomic mass is 9.70. The fourth-order valence-electron chi connectivity index (χ4n) is 6.91. The number of nitriles is 1. The van der Waals surface area contributed by atoms with Crippen molar-refractivity contribution < 1.29 is 28.5 Å². The van der Waals surface area contributed by atoms with E-state index in [1.807, 2.05) is 35.2 Å². The minimum absolute atomic E-state index is 0.0182. The van der Waals surface area contributed by atoms with Crippen LogP contribution in [0, 0.1) is 17.2 Å². The normalized spacial score (nSPS) is 30.7. The molecular formula is C30H28ClF2N3O4. The van der Waals surface area contributed by atoms with E-state index < -0.39 is 35.1 Å². The Balaban J connectivity index is 1.58. The summed E-state index contributed by atoms with van der Waals surface area (Å²) in [5.74, 6) is -3.75. The standard InChI is InChI=1S/C30H28ClF2N3O4/c1-39-27-25-22(15-23(31)35-27)40-30(20-9-7-18(16-34)8-10-20)24(19-5-3-2-4-6-19)21(26(37)29(25,30)38)17-36-13-11-28(32,33)12-14-36/h2-10,15,21,24,26,37-38H,11-14,17H2,1H3/t21-,24-,26-,29+,30+/m1/s1. The van der Waals surface area contributed by atoms with Gasteiger partial charge in [-0.05, 0) is 23.3 Å². The lowest BCUT2D eigenvalue weighted by Crippen LogP contribution is -2.52. The maximum atomic E-state index is 14.0. The molecule has 5 atom stereocenters. The first-order chi connectivity index (χ1) is 19.1. The Kier molecular flexibility index (Phi) is 6.50. The molecule has 2 fully saturated rings. The number of rotatable bonds is 5. The van der Waals surface area contributed by atoms with Crippen molar-refractivity contribution in [3.8, 4) is 17.7 Å². The summed E-state index contributed by atoms with van der Waals surface area (Å²) < 4.78 is 40.3. The molecule has 7 nitrogen and oxygen atoms in total. The smallest absolute Gasteiger partial charge is 0.250 e. The molecule has 6 rings (SSSR count). The number of ether oxygens (including phenoxy) is 2. The lowest BCUT2D eigenvalue weighted by molar-refractivity contribution is -0.152. The van der Waals surface area contributed by atoms with E-state index in [1.165, 1.54) is 13.2 Å². The summed E-state index contributed by atoms with van der Waals surface area (Å²) in [4.78, 5) is 6.18. The van der Waals surface area contributed by atoms with Gasteiger partial charge in [0.1, 0.15) is 10.9 Å². The Bertz CT molecular complexity index is 1460. The minimum Gasteiger partial charge on any atom is -0.481 e. The summed E-state index contributed by atoms with van der Waals surface area (Å²) in [6, 6.07) is 19.7. The molecule has 0 amide bonds. The molecule has 40 heavy (non-hydrogen) atoms. The zero-order chi connectivity index (χ0) is 28.3. The Labute approximate surface area is 235 Å². The predicted molar refractivity (Wildman–Crippen MR) is 142 cm³/mol. The molecular weight excluding hydrogens is 540 g/mol. The van der Waals surface area contributed by atoms with Crippen molar-refractivity contribution in [3.05, 3.63) is 88.1 Å². The van der Waals surface area contributed by atoms with Crippen molar-refractivity contribution >= 4 is 11.6 Å². The molecule has 2 aromatic carbocycles. The highest BCUT2D eigenvalue weighted by atomic mass is 35.5. The number of fused-ring (bicyclic) bond motifs is 3. The van der Waals surface area contributed by atoms with Crippen LogP contribution in [0.4, 0.5) is 8.78 Å². The molecule has 0 radical (unpaired) electrons. The number of hydrogen-bond donors (Lipinski definition) is 2. The van der Waals surface area contributed by atoms with Gasteiger partial charge in [-0.15, -0.1) is 0 Å². The lowest BCUT2D eigenvalue weighted by Gasteiger charge is -2.41. The Morgan fingerprint density at radius 1 is 1.15 bits per heavy atom. The average Bonchev–Trinajstić information content (AvgIpc) is 3.32. The molecule has 3 aromatic rings. The summed E-state index contributed by atoms with van der Waals surface area (Å²) in [5, 5.41) is 34.6. The quantitative estimate of drug-likeness (QED) is 0.435. The van der Waals surface area contributed by atoms with Gasteiger partial charge in [0, 0.05) is 50.4 Å². The number of aromatic nitrogens is 1. The fourth-order valence-corrected chi connectivity index (χ4v) is 7.08. The first-order valence-corrected chi connectivity index (χ1v) is 13.5. The van der Waals surface area contributed by atoms with Crippen LogP contribution in [0.15, 0.2) is 60.7 Å². The van der Waals surface area contributed by atoms with Crippen LogP contribution in [0.5, 0.6) is 11.6 Å². The fraction of sp³-hybridized carbons (Fsp3) is 0.400. The molecule has 0 spiro atoms. The van der Waals surface area contributed by atoms with Crippen molar-refractivity contribution in [2.45, 2.75) is 42.0 Å². The molecule has 1 saturated heterocycles. The number of halogens is 3. The number of piperidine rings is 1. The maximum absolute atomic E-state index is 14.0. The molecule has 0 unspecified atom stereocenters. The van der Waals surface area contributed by atoms with Gasteiger partial charge in [-0.1, -0.05) is 54.1 Å². The number of methoxy groups -OCH3 is 1. The first kappa shape index (κ1) is 26.9. The molecule has 3 heterocycles. The van der Waals surface area contributed by atoms with Crippen molar-refractivity contribution in [2.24, 2.45) is 5.92 Å². The summed E-state index contributed by atoms with van der Waals surface area (Å²) in [6.45, 7) is 0.578. The van der Waals surface area contributed by atoms with Gasteiger partial charge in [-0.3, -0.25) is 0 Å². The SMILES string of the molecule is COc1nc(Cl)cc2c1[C@]1(O)[C@H](O)[C@H](CN3CCC(F)(F)CC3)[C@@H](c3ccccc3)[C@]1(c1ccc(C#N)cc1)O2. The molecule has 0 bridgehead atoms. The van der Waals surface area contributed by atoms with Gasteiger partial charge in [-0.25, -0.2) is 13.8 Å². The average molecular weight is 568 g/mol. The van der Waals surface area contributed by atoms with Gasteiger partial charge >= 0.3 is 0 Å². The van der Waals surface area contributed by atoms with Gasteiger partial charge in [0.25, 0.3) is 5.92 Å². The van der Waals surface area contributed by atoms with Gasteiger partial charge in [0.2, 0.25) is 5.88 Å². The zero-order valence-corrected chi connectivity index (χ0v) is 22.5. The highest BCUT2D eigenvalue weighted by Gasteiger charge is 2.77. The number of aliphatic hydroxyl groups is 2. The number of pyridine rings is 1. The zero-order valence-electron chi connectivity index (χ0n) is 21.7. The van der Waals surface area contributed by atoms with E-state index >= 15 is 0 Å². The predicted octanol–water partition coefficient (Wildman–Crippen LogP) is 4.60. The molecule has 1 aliphatic carbocycles. The Hall–Kier alpha value is -3.29. The minimum atomic E-state index is -2.72. The molecule has 1 aromatic heterocycles. The Morgan fingerprint density at radius 2 is 1.82 bits per heavy atom. The van der Waals surface area contributed by atoms with Gasteiger partial charge in [-0.2, -0.15) is 5.26 Å². The Morgan fingerprint density at radius 3 is 2.45 bits per heavy atom. The monoisotopic (exact) mass is 567 g/mol. The molecule has 3 aliphatic rings. The van der Waals surface area contributed by atoms with Crippen LogP contribution in [0.2, 0.25) is 5.15 Å². The van der Waals surface area contributed by atoms with Crippen LogP contribution in [0.3, 0.4) is 0 Å². The van der Waals surface area contributed by atoms with E-state index in [9.17, 15) is 24.3 Å². The van der Waals surface area contributed by atoms with Gasteiger partial charge in [0.05, 0.1) is 30.4 Å². The maximum Gasteiger partial charge on any atom is 0.250 e. The van der Waals surface area contributed by atoms with E-state index in [0.717, 1.165) is 5.56 Å². The van der Waals surface area contributed by atoms with Gasteiger partial charge in [0.15, 0.2) is 11.2 Å². The first-order valence-electron chi connectivity index (χ1n) is 13.1. The summed E-state index contributed by atoms with van der Waals surface area (Å²) >= 11 is 6.29. The number of hydrogen-bond acceptors (Lipinski definition) is 7. The van der Waals surface area contributed by atoms with Crippen LogP contribution in [0.25, 0.3) is 0 Å². The third-order valence-electron chi connectivity index (χ3n) is 8.69. The third kappa shape index (κ3) is 3.89. The number of alkyl halides is 2. The van der Waals surface area contributed by atoms with E-state index in [2.05, 4.69) is 11.1 Å². The summed E-state index contributed by atoms with van der Waals surface area (Å²) in [7, 11) is 1.39. The molecule has 208 valence electrons. The van der Waals surface area contributed by atoms with Crippen LogP contribution in [-0.2, 0) is 11.2 Å². The highest BCUT2D eigenvalue weighted by molar-refractivity contribution is 6.29. The number of likely N-dealkylation sites (tertiary alicyclic amines) is 1. The summed E-state index contributed by atoms with van der Waals surface area (Å²) in [5.41, 5.74) is -1.74. The third-order valence-corrected chi connectivity index (χ3v) is 8.88. The molecule has 1 saturated carbocycles. The van der Waals surface area contributed by atoms with Crippen molar-refractivity contribution in [3.63, 3.8) is 0 Å². The molecule has 2 aliphatic heterocycles. The number of benzene rings is 2. The number of nitrogens with zero attached hydrogens (tertiary/aromatic N) is 3. The van der Waals surface area contributed by atoms with Crippen molar-refractivity contribution in [1.82, 2.24) is 9.88 Å². The second kappa shape index (κ2) is 9.67.